The van der Waals surface area contributed by atoms with Crippen molar-refractivity contribution in [3.63, 3.8) is 0 Å². The number of nitrogens with one attached hydrogen (secondary N) is 2. The highest BCUT2D eigenvalue weighted by molar-refractivity contribution is 5.79. The van der Waals surface area contributed by atoms with E-state index in [2.05, 4.69) is 31.8 Å². The number of morpholine rings is 1. The molecule has 1 fully saturated rings. The molecule has 0 bridgehead atoms. The van der Waals surface area contributed by atoms with Crippen LogP contribution in [-0.4, -0.2) is 73.6 Å². The van der Waals surface area contributed by atoms with Gasteiger partial charge >= 0.3 is 0 Å². The van der Waals surface area contributed by atoms with Crippen LogP contribution in [0, 0.1) is 0 Å². The molecule has 0 amide bonds. The van der Waals surface area contributed by atoms with Gasteiger partial charge in [0.05, 0.1) is 19.4 Å². The van der Waals surface area contributed by atoms with Crippen molar-refractivity contribution >= 4 is 5.96 Å². The maximum atomic E-state index is 5.35. The van der Waals surface area contributed by atoms with Gasteiger partial charge in [-0.2, -0.15) is 5.10 Å². The lowest BCUT2D eigenvalue weighted by Gasteiger charge is -2.26. The summed E-state index contributed by atoms with van der Waals surface area (Å²) in [4.78, 5) is 6.66. The molecule has 124 valence electrons. The third-order valence-electron chi connectivity index (χ3n) is 3.74. The van der Waals surface area contributed by atoms with Crippen LogP contribution in [0.1, 0.15) is 12.0 Å². The lowest BCUT2D eigenvalue weighted by molar-refractivity contribution is 0.0389. The Morgan fingerprint density at radius 2 is 2.09 bits per heavy atom. The van der Waals surface area contributed by atoms with E-state index in [1.807, 2.05) is 25.0 Å². The van der Waals surface area contributed by atoms with Gasteiger partial charge in [0.25, 0.3) is 0 Å². The Morgan fingerprint density at radius 1 is 1.32 bits per heavy atom. The summed E-state index contributed by atoms with van der Waals surface area (Å²) in [6, 6.07) is 0. The molecule has 1 saturated heterocycles. The Kier molecular flexibility index (Phi) is 7.18. The van der Waals surface area contributed by atoms with E-state index in [1.165, 1.54) is 5.56 Å². The number of ether oxygens (including phenoxy) is 1. The van der Waals surface area contributed by atoms with Crippen molar-refractivity contribution in [3.05, 3.63) is 18.0 Å². The van der Waals surface area contributed by atoms with Gasteiger partial charge in [-0.3, -0.25) is 14.6 Å². The maximum Gasteiger partial charge on any atom is 0.191 e. The standard InChI is InChI=1S/C15H28N6O/c1-16-15(18-6-7-21-8-10-22-11-9-21)17-5-3-4-14-12-19-20(2)13-14/h12-13H,3-11H2,1-2H3,(H2,16,17,18). The molecule has 1 aliphatic heterocycles. The van der Waals surface area contributed by atoms with Crippen LogP contribution in [-0.2, 0) is 18.2 Å². The van der Waals surface area contributed by atoms with E-state index in [0.717, 1.165) is 64.7 Å². The summed E-state index contributed by atoms with van der Waals surface area (Å²) < 4.78 is 7.19. The molecule has 1 aromatic rings. The molecule has 2 N–H and O–H groups in total. The molecule has 22 heavy (non-hydrogen) atoms. The second-order valence-electron chi connectivity index (χ2n) is 5.51. The Labute approximate surface area is 132 Å². The summed E-state index contributed by atoms with van der Waals surface area (Å²) in [6.45, 7) is 6.59. The highest BCUT2D eigenvalue weighted by Crippen LogP contribution is 1.99. The van der Waals surface area contributed by atoms with Gasteiger partial charge < -0.3 is 15.4 Å². The maximum absolute atomic E-state index is 5.35. The number of hydrogen-bond donors (Lipinski definition) is 2. The van der Waals surface area contributed by atoms with Gasteiger partial charge in [-0.25, -0.2) is 0 Å². The third kappa shape index (κ3) is 6.03. The van der Waals surface area contributed by atoms with E-state index in [4.69, 9.17) is 4.74 Å². The van der Waals surface area contributed by atoms with E-state index in [-0.39, 0.29) is 0 Å². The zero-order valence-corrected chi connectivity index (χ0v) is 13.7. The first-order chi connectivity index (χ1) is 10.8. The second kappa shape index (κ2) is 9.42. The molecule has 2 rings (SSSR count). The van der Waals surface area contributed by atoms with Crippen LogP contribution in [0.4, 0.5) is 0 Å². The molecule has 0 unspecified atom stereocenters. The fourth-order valence-corrected chi connectivity index (χ4v) is 2.48. The minimum atomic E-state index is 0.849. The highest BCUT2D eigenvalue weighted by atomic mass is 16.5. The van der Waals surface area contributed by atoms with E-state index in [1.54, 1.807) is 0 Å². The minimum Gasteiger partial charge on any atom is -0.379 e. The van der Waals surface area contributed by atoms with Crippen molar-refractivity contribution in [3.8, 4) is 0 Å². The van der Waals surface area contributed by atoms with Crippen LogP contribution in [0.3, 0.4) is 0 Å². The van der Waals surface area contributed by atoms with Crippen LogP contribution in [0.2, 0.25) is 0 Å². The number of aryl methyl sites for hydroxylation is 2. The van der Waals surface area contributed by atoms with Gasteiger partial charge in [-0.05, 0) is 18.4 Å². The van der Waals surface area contributed by atoms with Gasteiger partial charge in [-0.1, -0.05) is 0 Å². The van der Waals surface area contributed by atoms with Gasteiger partial charge in [0.15, 0.2) is 5.96 Å². The fraction of sp³-hybridized carbons (Fsp3) is 0.733. The van der Waals surface area contributed by atoms with Crippen molar-refractivity contribution in [1.29, 1.82) is 0 Å². The van der Waals surface area contributed by atoms with Gasteiger partial charge in [0.1, 0.15) is 0 Å². The van der Waals surface area contributed by atoms with E-state index in [0.29, 0.717) is 0 Å². The van der Waals surface area contributed by atoms with Crippen LogP contribution in [0.5, 0.6) is 0 Å². The predicted octanol–water partition coefficient (Wildman–Crippen LogP) is -0.150. The summed E-state index contributed by atoms with van der Waals surface area (Å²) >= 11 is 0. The third-order valence-corrected chi connectivity index (χ3v) is 3.74. The second-order valence-corrected chi connectivity index (χ2v) is 5.51. The van der Waals surface area contributed by atoms with Gasteiger partial charge in [-0.15, -0.1) is 0 Å². The number of rotatable bonds is 7. The molecule has 0 atom stereocenters. The monoisotopic (exact) mass is 308 g/mol. The summed E-state index contributed by atoms with van der Waals surface area (Å²) in [5.74, 6) is 0.874. The predicted molar refractivity (Wildman–Crippen MR) is 88.2 cm³/mol. The Hall–Kier alpha value is -1.60. The fourth-order valence-electron chi connectivity index (χ4n) is 2.48. The average Bonchev–Trinajstić information content (AvgIpc) is 2.96. The first-order valence-corrected chi connectivity index (χ1v) is 8.00. The van der Waals surface area contributed by atoms with E-state index >= 15 is 0 Å². The average molecular weight is 308 g/mol. The lowest BCUT2D eigenvalue weighted by atomic mass is 10.2. The topological polar surface area (TPSA) is 66.7 Å². The van der Waals surface area contributed by atoms with Crippen LogP contribution >= 0.6 is 0 Å². The molecule has 0 aliphatic carbocycles. The first kappa shape index (κ1) is 16.8. The molecule has 0 spiro atoms. The zero-order chi connectivity index (χ0) is 15.6. The SMILES string of the molecule is CN=C(NCCCc1cnn(C)c1)NCCN1CCOCC1. The number of aromatic nitrogens is 2. The van der Waals surface area contributed by atoms with Crippen LogP contribution < -0.4 is 10.6 Å². The van der Waals surface area contributed by atoms with Crippen molar-refractivity contribution < 1.29 is 4.74 Å². The smallest absolute Gasteiger partial charge is 0.191 e. The van der Waals surface area contributed by atoms with Crippen molar-refractivity contribution in [2.75, 3.05) is 53.0 Å². The molecule has 0 saturated carbocycles. The molecule has 0 aromatic carbocycles. The minimum absolute atomic E-state index is 0.849. The van der Waals surface area contributed by atoms with Gasteiger partial charge in [0.2, 0.25) is 0 Å². The summed E-state index contributed by atoms with van der Waals surface area (Å²) in [7, 11) is 3.76. The van der Waals surface area contributed by atoms with Crippen LogP contribution in [0.25, 0.3) is 0 Å². The molecule has 2 heterocycles. The Balaban J connectivity index is 1.54. The molecule has 1 aliphatic rings. The molecular formula is C15H28N6O. The van der Waals surface area contributed by atoms with E-state index < -0.39 is 0 Å². The molecule has 0 radical (unpaired) electrons. The molecule has 1 aromatic heterocycles. The van der Waals surface area contributed by atoms with Gasteiger partial charge in [0, 0.05) is 53.0 Å². The van der Waals surface area contributed by atoms with Crippen molar-refractivity contribution in [1.82, 2.24) is 25.3 Å². The number of aliphatic imine (C=N–C) groups is 1. The lowest BCUT2D eigenvalue weighted by Crippen LogP contribution is -2.44. The Bertz CT molecular complexity index is 453. The molecular weight excluding hydrogens is 280 g/mol. The number of hydrogen-bond acceptors (Lipinski definition) is 4. The first-order valence-electron chi connectivity index (χ1n) is 8.00. The number of guanidine groups is 1. The summed E-state index contributed by atoms with van der Waals surface area (Å²) in [5.41, 5.74) is 1.28. The van der Waals surface area contributed by atoms with Crippen molar-refractivity contribution in [2.24, 2.45) is 12.0 Å². The van der Waals surface area contributed by atoms with Crippen molar-refractivity contribution in [2.45, 2.75) is 12.8 Å². The molecule has 7 heteroatoms. The Morgan fingerprint density at radius 3 is 2.77 bits per heavy atom. The normalized spacial score (nSPS) is 16.7. The molecule has 7 nitrogen and oxygen atoms in total. The number of nitrogens with zero attached hydrogens (tertiary/aromatic N) is 4. The van der Waals surface area contributed by atoms with Crippen LogP contribution in [0.15, 0.2) is 17.4 Å². The van der Waals surface area contributed by atoms with E-state index in [9.17, 15) is 0 Å². The highest BCUT2D eigenvalue weighted by Gasteiger charge is 2.09. The summed E-state index contributed by atoms with van der Waals surface area (Å²) in [6.07, 6.45) is 6.09. The largest absolute Gasteiger partial charge is 0.379 e. The summed E-state index contributed by atoms with van der Waals surface area (Å²) in [5, 5.41) is 10.9. The quantitative estimate of drug-likeness (QED) is 0.417. The zero-order valence-electron chi connectivity index (χ0n) is 13.7.